The molecule has 0 rings (SSSR count). The Bertz CT molecular complexity index is 294. The molecule has 5 nitrogen and oxygen atoms in total. The third-order valence-corrected chi connectivity index (χ3v) is 3.46. The molecule has 0 amide bonds. The second-order valence-corrected chi connectivity index (χ2v) is 5.89. The van der Waals surface area contributed by atoms with Gasteiger partial charge in [0.25, 0.3) is 0 Å². The van der Waals surface area contributed by atoms with Crippen molar-refractivity contribution >= 4 is 0 Å². The second kappa shape index (κ2) is 15.7. The fourth-order valence-electron chi connectivity index (χ4n) is 1.78. The van der Waals surface area contributed by atoms with Crippen molar-refractivity contribution in [2.45, 2.75) is 85.0 Å². The highest BCUT2D eigenvalue weighted by Crippen LogP contribution is 2.24. The van der Waals surface area contributed by atoms with Gasteiger partial charge in [-0.1, -0.05) is 53.4 Å². The van der Waals surface area contributed by atoms with Crippen LogP contribution in [0.3, 0.4) is 0 Å². The van der Waals surface area contributed by atoms with E-state index in [4.69, 9.17) is 18.9 Å². The molecule has 0 bridgehead atoms. The number of hydrogen-bond acceptors (Lipinski definition) is 5. The SMILES string of the molecule is CCCCOC=C(OCCCC)C(O)(OCCCC)OCCCC. The normalized spacial score (nSPS) is 12.5. The Balaban J connectivity index is 4.95. The van der Waals surface area contributed by atoms with Crippen LogP contribution in [-0.2, 0) is 18.9 Å². The van der Waals surface area contributed by atoms with Crippen LogP contribution in [-0.4, -0.2) is 37.5 Å². The van der Waals surface area contributed by atoms with Gasteiger partial charge in [-0.25, -0.2) is 0 Å². The summed E-state index contributed by atoms with van der Waals surface area (Å²) in [7, 11) is 0. The Labute approximate surface area is 148 Å². The molecule has 1 N–H and O–H groups in total. The third kappa shape index (κ3) is 10.9. The summed E-state index contributed by atoms with van der Waals surface area (Å²) in [5, 5.41) is 10.9. The van der Waals surface area contributed by atoms with Crippen LogP contribution in [0.15, 0.2) is 12.0 Å². The van der Waals surface area contributed by atoms with Crippen LogP contribution in [0.25, 0.3) is 0 Å². The number of ether oxygens (including phenoxy) is 4. The molecule has 0 aromatic carbocycles. The molecule has 24 heavy (non-hydrogen) atoms. The van der Waals surface area contributed by atoms with Gasteiger partial charge >= 0.3 is 5.97 Å². The minimum absolute atomic E-state index is 0.208. The summed E-state index contributed by atoms with van der Waals surface area (Å²) in [4.78, 5) is 0. The average molecular weight is 347 g/mol. The lowest BCUT2D eigenvalue weighted by atomic mass is 10.3. The molecule has 0 spiro atoms. The van der Waals surface area contributed by atoms with Crippen molar-refractivity contribution in [3.8, 4) is 0 Å². The molecule has 144 valence electrons. The predicted octanol–water partition coefficient (Wildman–Crippen LogP) is 4.74. The first kappa shape index (κ1) is 23.2. The molecule has 0 aliphatic carbocycles. The van der Waals surface area contributed by atoms with Crippen LogP contribution in [0.2, 0.25) is 0 Å². The molecule has 0 radical (unpaired) electrons. The molecule has 0 aliphatic rings. The lowest BCUT2D eigenvalue weighted by Crippen LogP contribution is -2.40. The van der Waals surface area contributed by atoms with Crippen molar-refractivity contribution in [1.29, 1.82) is 0 Å². The van der Waals surface area contributed by atoms with Crippen LogP contribution >= 0.6 is 0 Å². The second-order valence-electron chi connectivity index (χ2n) is 5.89. The van der Waals surface area contributed by atoms with E-state index in [1.807, 2.05) is 0 Å². The summed E-state index contributed by atoms with van der Waals surface area (Å²) in [6, 6.07) is 0. The lowest BCUT2D eigenvalue weighted by molar-refractivity contribution is -0.352. The van der Waals surface area contributed by atoms with Gasteiger partial charge < -0.3 is 24.1 Å². The summed E-state index contributed by atoms with van der Waals surface area (Å²) >= 11 is 0. The van der Waals surface area contributed by atoms with Gasteiger partial charge in [0, 0.05) is 0 Å². The standard InChI is InChI=1S/C19H38O5/c1-5-9-13-21-17-18(22-14-10-6-2)19(20,23-15-11-7-3)24-16-12-8-4/h17,20H,5-16H2,1-4H3. The number of hydrogen-bond donors (Lipinski definition) is 1. The van der Waals surface area contributed by atoms with Gasteiger partial charge in [0.1, 0.15) is 6.26 Å². The fraction of sp³-hybridized carbons (Fsp3) is 0.895. The maximum atomic E-state index is 10.9. The highest BCUT2D eigenvalue weighted by Gasteiger charge is 2.37. The maximum absolute atomic E-state index is 10.9. The third-order valence-electron chi connectivity index (χ3n) is 3.46. The van der Waals surface area contributed by atoms with E-state index in [0.717, 1.165) is 51.4 Å². The summed E-state index contributed by atoms with van der Waals surface area (Å²) in [5.74, 6) is -1.66. The first-order chi connectivity index (χ1) is 11.6. The van der Waals surface area contributed by atoms with E-state index in [1.54, 1.807) is 0 Å². The maximum Gasteiger partial charge on any atom is 0.346 e. The molecule has 0 unspecified atom stereocenters. The molecule has 0 aromatic rings. The van der Waals surface area contributed by atoms with E-state index >= 15 is 0 Å². The van der Waals surface area contributed by atoms with Gasteiger partial charge in [-0.05, 0) is 25.7 Å². The molecule has 5 heteroatoms. The monoisotopic (exact) mass is 346 g/mol. The zero-order chi connectivity index (χ0) is 18.1. The Morgan fingerprint density at radius 2 is 1.21 bits per heavy atom. The van der Waals surface area contributed by atoms with Crippen molar-refractivity contribution in [3.63, 3.8) is 0 Å². The number of unbranched alkanes of at least 4 members (excludes halogenated alkanes) is 4. The van der Waals surface area contributed by atoms with E-state index in [1.165, 1.54) is 6.26 Å². The topological polar surface area (TPSA) is 57.2 Å². The van der Waals surface area contributed by atoms with Crippen molar-refractivity contribution in [2.24, 2.45) is 0 Å². The number of aliphatic hydroxyl groups is 1. The Morgan fingerprint density at radius 1 is 0.750 bits per heavy atom. The quantitative estimate of drug-likeness (QED) is 0.234. The van der Waals surface area contributed by atoms with Crippen LogP contribution in [0.1, 0.15) is 79.1 Å². The minimum atomic E-state index is -1.87. The predicted molar refractivity (Wildman–Crippen MR) is 96.5 cm³/mol. The highest BCUT2D eigenvalue weighted by atomic mass is 16.8. The Hall–Kier alpha value is -0.780. The van der Waals surface area contributed by atoms with Gasteiger partial charge in [-0.15, -0.1) is 0 Å². The van der Waals surface area contributed by atoms with Gasteiger partial charge in [-0.3, -0.25) is 0 Å². The lowest BCUT2D eigenvalue weighted by Gasteiger charge is -2.29. The van der Waals surface area contributed by atoms with Crippen LogP contribution < -0.4 is 0 Å². The first-order valence-electron chi connectivity index (χ1n) is 9.59. The van der Waals surface area contributed by atoms with Gasteiger partial charge in [-0.2, -0.15) is 0 Å². The number of rotatable bonds is 17. The Kier molecular flexibility index (Phi) is 15.2. The Morgan fingerprint density at radius 3 is 1.71 bits per heavy atom. The van der Waals surface area contributed by atoms with Gasteiger partial charge in [0.05, 0.1) is 26.4 Å². The van der Waals surface area contributed by atoms with Crippen molar-refractivity contribution in [2.75, 3.05) is 26.4 Å². The van der Waals surface area contributed by atoms with E-state index in [0.29, 0.717) is 26.4 Å². The largest absolute Gasteiger partial charge is 0.497 e. The fourth-order valence-corrected chi connectivity index (χ4v) is 1.78. The van der Waals surface area contributed by atoms with Gasteiger partial charge in [0.15, 0.2) is 0 Å². The van der Waals surface area contributed by atoms with E-state index in [2.05, 4.69) is 27.7 Å². The van der Waals surface area contributed by atoms with Crippen LogP contribution in [0.4, 0.5) is 0 Å². The molecule has 0 atom stereocenters. The van der Waals surface area contributed by atoms with Gasteiger partial charge in [0.2, 0.25) is 5.76 Å². The molecular formula is C19H38O5. The van der Waals surface area contributed by atoms with Crippen molar-refractivity contribution in [1.82, 2.24) is 0 Å². The molecule has 0 aliphatic heterocycles. The van der Waals surface area contributed by atoms with Crippen molar-refractivity contribution in [3.05, 3.63) is 12.0 Å². The highest BCUT2D eigenvalue weighted by molar-refractivity contribution is 4.97. The van der Waals surface area contributed by atoms with E-state index < -0.39 is 5.97 Å². The van der Waals surface area contributed by atoms with Crippen molar-refractivity contribution < 1.29 is 24.1 Å². The van der Waals surface area contributed by atoms with Crippen LogP contribution in [0.5, 0.6) is 0 Å². The molecule has 0 aromatic heterocycles. The van der Waals surface area contributed by atoms with Crippen LogP contribution in [0, 0.1) is 0 Å². The molecule has 0 saturated heterocycles. The summed E-state index contributed by atoms with van der Waals surface area (Å²) in [5.41, 5.74) is 0. The van der Waals surface area contributed by atoms with E-state index in [-0.39, 0.29) is 5.76 Å². The molecule has 0 heterocycles. The van der Waals surface area contributed by atoms with E-state index in [9.17, 15) is 5.11 Å². The first-order valence-corrected chi connectivity index (χ1v) is 9.59. The minimum Gasteiger partial charge on any atom is -0.497 e. The summed E-state index contributed by atoms with van der Waals surface area (Å²) < 4.78 is 22.5. The smallest absolute Gasteiger partial charge is 0.346 e. The summed E-state index contributed by atoms with van der Waals surface area (Å²) in [6.07, 6.45) is 9.00. The molecular weight excluding hydrogens is 308 g/mol. The summed E-state index contributed by atoms with van der Waals surface area (Å²) in [6.45, 7) is 10.2. The molecule has 0 saturated carbocycles. The molecule has 0 fully saturated rings. The zero-order valence-corrected chi connectivity index (χ0v) is 16.1. The average Bonchev–Trinajstić information content (AvgIpc) is 2.57. The zero-order valence-electron chi connectivity index (χ0n) is 16.1.